The third-order valence-corrected chi connectivity index (χ3v) is 5.40. The Bertz CT molecular complexity index is 754. The summed E-state index contributed by atoms with van der Waals surface area (Å²) in [4.78, 5) is 62.3. The lowest BCUT2D eigenvalue weighted by molar-refractivity contribution is -0.175. The van der Waals surface area contributed by atoms with Gasteiger partial charge in [0.25, 0.3) is 5.78 Å². The highest BCUT2D eigenvalue weighted by Crippen LogP contribution is 2.24. The van der Waals surface area contributed by atoms with Crippen molar-refractivity contribution >= 4 is 29.5 Å². The maximum Gasteiger partial charge on any atom is 0.452 e. The van der Waals surface area contributed by atoms with Crippen LogP contribution in [0.3, 0.4) is 0 Å². The van der Waals surface area contributed by atoms with Crippen LogP contribution in [0.4, 0.5) is 13.2 Å². The van der Waals surface area contributed by atoms with Crippen molar-refractivity contribution in [3.63, 3.8) is 0 Å². The Morgan fingerprint density at radius 3 is 2.03 bits per heavy atom. The van der Waals surface area contributed by atoms with E-state index in [2.05, 4.69) is 15.4 Å². The van der Waals surface area contributed by atoms with E-state index in [0.29, 0.717) is 6.42 Å². The molecule has 0 bridgehead atoms. The first-order valence-electron chi connectivity index (χ1n) is 10.8. The summed E-state index contributed by atoms with van der Waals surface area (Å²) in [5, 5.41) is 4.71. The van der Waals surface area contributed by atoms with E-state index in [1.807, 2.05) is 0 Å². The predicted molar refractivity (Wildman–Crippen MR) is 111 cm³/mol. The normalized spacial score (nSPS) is 18.1. The molecule has 1 fully saturated rings. The molecule has 3 atom stereocenters. The number of esters is 1. The summed E-state index contributed by atoms with van der Waals surface area (Å²) in [6.45, 7) is 6.31. The number of nitrogens with one attached hydrogen (secondary N) is 2. The van der Waals surface area contributed by atoms with Crippen molar-refractivity contribution < 1.29 is 41.9 Å². The minimum Gasteiger partial charge on any atom is -0.469 e. The number of nitrogens with zero attached hydrogens (tertiary/aromatic N) is 1. The largest absolute Gasteiger partial charge is 0.469 e. The Labute approximate surface area is 190 Å². The van der Waals surface area contributed by atoms with Gasteiger partial charge in [0, 0.05) is 13.0 Å². The van der Waals surface area contributed by atoms with Gasteiger partial charge in [0.2, 0.25) is 17.7 Å². The molecular weight excluding hydrogens is 447 g/mol. The predicted octanol–water partition coefficient (Wildman–Crippen LogP) is 1.34. The first-order valence-corrected chi connectivity index (χ1v) is 10.8. The Kier molecular flexibility index (Phi) is 10.3. The van der Waals surface area contributed by atoms with E-state index >= 15 is 0 Å². The summed E-state index contributed by atoms with van der Waals surface area (Å²) in [5.74, 6) is -5.77. The van der Waals surface area contributed by atoms with Crippen molar-refractivity contribution in [2.45, 2.75) is 77.7 Å². The van der Waals surface area contributed by atoms with E-state index in [1.165, 1.54) is 25.9 Å². The van der Waals surface area contributed by atoms with Crippen LogP contribution in [0.25, 0.3) is 0 Å². The van der Waals surface area contributed by atoms with Gasteiger partial charge in [0.05, 0.1) is 19.6 Å². The highest BCUT2D eigenvalue weighted by Gasteiger charge is 2.46. The number of hydrogen-bond donors (Lipinski definition) is 2. The average Bonchev–Trinajstić information content (AvgIpc) is 3.21. The minimum atomic E-state index is -5.11. The maximum absolute atomic E-state index is 13.1. The van der Waals surface area contributed by atoms with Crippen molar-refractivity contribution in [1.29, 1.82) is 0 Å². The molecule has 0 aliphatic carbocycles. The lowest BCUT2D eigenvalue weighted by Crippen LogP contribution is -2.58. The summed E-state index contributed by atoms with van der Waals surface area (Å²) in [6, 6.07) is -3.83. The number of ketones is 1. The molecule has 1 heterocycles. The molecule has 0 spiro atoms. The summed E-state index contributed by atoms with van der Waals surface area (Å²) in [6.07, 6.45) is -4.82. The van der Waals surface area contributed by atoms with Crippen molar-refractivity contribution in [2.24, 2.45) is 11.8 Å². The van der Waals surface area contributed by atoms with E-state index < -0.39 is 59.7 Å². The van der Waals surface area contributed by atoms with E-state index in [0.717, 1.165) is 0 Å². The second-order valence-electron chi connectivity index (χ2n) is 8.65. The molecule has 0 aromatic carbocycles. The van der Waals surface area contributed by atoms with Crippen molar-refractivity contribution in [3.05, 3.63) is 0 Å². The molecule has 33 heavy (non-hydrogen) atoms. The number of hydrogen-bond acceptors (Lipinski definition) is 6. The zero-order valence-corrected chi connectivity index (χ0v) is 19.5. The highest BCUT2D eigenvalue weighted by molar-refractivity contribution is 5.96. The Hall–Kier alpha value is -2.66. The molecule has 0 radical (unpaired) electrons. The number of ether oxygens (including phenoxy) is 1. The Morgan fingerprint density at radius 1 is 0.970 bits per heavy atom. The smallest absolute Gasteiger partial charge is 0.452 e. The molecule has 1 unspecified atom stereocenters. The van der Waals surface area contributed by atoms with Crippen molar-refractivity contribution in [1.82, 2.24) is 15.5 Å². The van der Waals surface area contributed by atoms with E-state index in [9.17, 15) is 37.1 Å². The standard InChI is InChI=1S/C21H32F3N3O6/c1-11(2)16(18(30)21(22,23)24)26-19(31)13-7-6-10-27(13)20(32)17(12(3)4)25-14(28)8-9-15(29)33-5/h11-13,16-17H,6-10H2,1-5H3,(H,25,28)(H,26,31)/t13-,16?,17-/m0/s1. The molecule has 188 valence electrons. The van der Waals surface area contributed by atoms with E-state index in [4.69, 9.17) is 0 Å². The summed E-state index contributed by atoms with van der Waals surface area (Å²) < 4.78 is 43.2. The number of methoxy groups -OCH3 is 1. The fraction of sp³-hybridized carbons (Fsp3) is 0.762. The topological polar surface area (TPSA) is 122 Å². The monoisotopic (exact) mass is 479 g/mol. The highest BCUT2D eigenvalue weighted by atomic mass is 19.4. The number of carbonyl (C=O) groups is 5. The van der Waals surface area contributed by atoms with Crippen LogP contribution in [0.2, 0.25) is 0 Å². The van der Waals surface area contributed by atoms with Gasteiger partial charge >= 0.3 is 12.1 Å². The van der Waals surface area contributed by atoms with Gasteiger partial charge in [-0.1, -0.05) is 27.7 Å². The number of likely N-dealkylation sites (tertiary alicyclic amines) is 1. The molecule has 0 saturated carbocycles. The molecule has 1 saturated heterocycles. The third-order valence-electron chi connectivity index (χ3n) is 5.40. The Balaban J connectivity index is 2.94. The molecule has 3 amide bonds. The van der Waals surface area contributed by atoms with Gasteiger partial charge < -0.3 is 20.3 Å². The molecule has 0 aromatic heterocycles. The minimum absolute atomic E-state index is 0.167. The van der Waals surface area contributed by atoms with Gasteiger partial charge in [-0.2, -0.15) is 13.2 Å². The van der Waals surface area contributed by atoms with Crippen LogP contribution in [-0.2, 0) is 28.7 Å². The van der Waals surface area contributed by atoms with Gasteiger partial charge in [0.15, 0.2) is 0 Å². The third kappa shape index (κ3) is 8.01. The molecule has 1 rings (SSSR count). The Morgan fingerprint density at radius 2 is 1.55 bits per heavy atom. The maximum atomic E-state index is 13.1. The number of halogens is 3. The number of alkyl halides is 3. The van der Waals surface area contributed by atoms with Gasteiger partial charge in [-0.25, -0.2) is 0 Å². The van der Waals surface area contributed by atoms with Crippen LogP contribution in [-0.4, -0.2) is 72.3 Å². The first-order chi connectivity index (χ1) is 15.2. The van der Waals surface area contributed by atoms with Crippen LogP contribution >= 0.6 is 0 Å². The van der Waals surface area contributed by atoms with Crippen LogP contribution in [0.1, 0.15) is 53.4 Å². The molecule has 1 aliphatic rings. The zero-order valence-electron chi connectivity index (χ0n) is 19.5. The molecule has 2 N–H and O–H groups in total. The molecule has 9 nitrogen and oxygen atoms in total. The van der Waals surface area contributed by atoms with Crippen LogP contribution < -0.4 is 10.6 Å². The van der Waals surface area contributed by atoms with Crippen LogP contribution in [0.15, 0.2) is 0 Å². The second kappa shape index (κ2) is 12.0. The summed E-state index contributed by atoms with van der Waals surface area (Å²) in [7, 11) is 1.19. The lowest BCUT2D eigenvalue weighted by atomic mass is 9.98. The van der Waals surface area contributed by atoms with Crippen LogP contribution in [0, 0.1) is 11.8 Å². The average molecular weight is 479 g/mol. The number of carbonyl (C=O) groups excluding carboxylic acids is 5. The van der Waals surface area contributed by atoms with Crippen molar-refractivity contribution in [2.75, 3.05) is 13.7 Å². The van der Waals surface area contributed by atoms with Gasteiger partial charge in [-0.05, 0) is 24.7 Å². The number of Topliss-reactive ketones (excluding diaryl/α,β-unsaturated/α-hetero) is 1. The number of amides is 3. The van der Waals surface area contributed by atoms with E-state index in [1.54, 1.807) is 13.8 Å². The fourth-order valence-corrected chi connectivity index (χ4v) is 3.52. The quantitative estimate of drug-likeness (QED) is 0.456. The second-order valence-corrected chi connectivity index (χ2v) is 8.65. The molecular formula is C21H32F3N3O6. The number of rotatable bonds is 10. The lowest BCUT2D eigenvalue weighted by Gasteiger charge is -2.31. The fourth-order valence-electron chi connectivity index (χ4n) is 3.52. The molecule has 12 heteroatoms. The summed E-state index contributed by atoms with van der Waals surface area (Å²) in [5.41, 5.74) is 0. The van der Waals surface area contributed by atoms with Gasteiger partial charge in [-0.3, -0.25) is 24.0 Å². The van der Waals surface area contributed by atoms with Gasteiger partial charge in [-0.15, -0.1) is 0 Å². The van der Waals surface area contributed by atoms with Crippen molar-refractivity contribution in [3.8, 4) is 0 Å². The van der Waals surface area contributed by atoms with Gasteiger partial charge in [0.1, 0.15) is 12.1 Å². The molecule has 0 aromatic rings. The van der Waals surface area contributed by atoms with Crippen LogP contribution in [0.5, 0.6) is 0 Å². The summed E-state index contributed by atoms with van der Waals surface area (Å²) >= 11 is 0. The zero-order chi connectivity index (χ0) is 25.5. The first kappa shape index (κ1) is 28.4. The SMILES string of the molecule is COC(=O)CCC(=O)N[C@H](C(=O)N1CCC[C@H]1C(=O)NC(C(=O)C(F)(F)F)C(C)C)C(C)C. The van der Waals surface area contributed by atoms with E-state index in [-0.39, 0.29) is 31.7 Å². The molecule has 1 aliphatic heterocycles.